The van der Waals surface area contributed by atoms with Crippen molar-refractivity contribution >= 4 is 31.6 Å². The van der Waals surface area contributed by atoms with Gasteiger partial charge in [0.1, 0.15) is 5.75 Å². The lowest BCUT2D eigenvalue weighted by molar-refractivity contribution is 0.416. The van der Waals surface area contributed by atoms with E-state index in [1.54, 1.807) is 30.3 Å². The number of benzene rings is 2. The maximum absolute atomic E-state index is 12.6. The van der Waals surface area contributed by atoms with E-state index < -0.39 is 10.0 Å². The highest BCUT2D eigenvalue weighted by molar-refractivity contribution is 9.10. The van der Waals surface area contributed by atoms with Gasteiger partial charge in [0.25, 0.3) is 10.0 Å². The van der Waals surface area contributed by atoms with E-state index in [1.807, 2.05) is 12.1 Å². The van der Waals surface area contributed by atoms with Crippen molar-refractivity contribution in [1.29, 1.82) is 0 Å². The van der Waals surface area contributed by atoms with Crippen molar-refractivity contribution in [2.75, 3.05) is 11.8 Å². The summed E-state index contributed by atoms with van der Waals surface area (Å²) in [4.78, 5) is 0.190. The number of hydrogen-bond acceptors (Lipinski definition) is 3. The van der Waals surface area contributed by atoms with Crippen LogP contribution in [0.3, 0.4) is 0 Å². The molecule has 2 rings (SSSR count). The SMILES string of the molecule is COc1ccc(C(C)(C)C)cc1NS(=O)(=O)c1cccc(Br)c1. The van der Waals surface area contributed by atoms with Crippen LogP contribution in [0.25, 0.3) is 0 Å². The highest BCUT2D eigenvalue weighted by Gasteiger charge is 2.20. The van der Waals surface area contributed by atoms with E-state index in [-0.39, 0.29) is 10.3 Å². The smallest absolute Gasteiger partial charge is 0.262 e. The minimum absolute atomic E-state index is 0.0950. The minimum Gasteiger partial charge on any atom is -0.495 e. The first kappa shape index (κ1) is 17.8. The molecule has 0 saturated heterocycles. The number of anilines is 1. The van der Waals surface area contributed by atoms with Crippen molar-refractivity contribution in [2.45, 2.75) is 31.1 Å². The Morgan fingerprint density at radius 1 is 1.09 bits per heavy atom. The molecule has 0 fully saturated rings. The van der Waals surface area contributed by atoms with Gasteiger partial charge in [-0.2, -0.15) is 0 Å². The summed E-state index contributed by atoms with van der Waals surface area (Å²) in [6.45, 7) is 6.21. The quantitative estimate of drug-likeness (QED) is 0.822. The molecule has 0 radical (unpaired) electrons. The van der Waals surface area contributed by atoms with Gasteiger partial charge < -0.3 is 4.74 Å². The van der Waals surface area contributed by atoms with E-state index in [0.29, 0.717) is 15.9 Å². The molecule has 0 atom stereocenters. The lowest BCUT2D eigenvalue weighted by atomic mass is 9.87. The van der Waals surface area contributed by atoms with E-state index in [1.165, 1.54) is 7.11 Å². The second-order valence-electron chi connectivity index (χ2n) is 6.23. The highest BCUT2D eigenvalue weighted by Crippen LogP contribution is 2.33. The molecule has 0 aliphatic heterocycles. The summed E-state index contributed by atoms with van der Waals surface area (Å²) < 4.78 is 33.8. The van der Waals surface area contributed by atoms with Crippen LogP contribution in [0.4, 0.5) is 5.69 Å². The van der Waals surface area contributed by atoms with E-state index in [4.69, 9.17) is 4.74 Å². The fourth-order valence-electron chi connectivity index (χ4n) is 2.09. The van der Waals surface area contributed by atoms with Crippen molar-refractivity contribution in [2.24, 2.45) is 0 Å². The molecule has 0 aliphatic carbocycles. The second kappa shape index (κ2) is 6.53. The van der Waals surface area contributed by atoms with Crippen molar-refractivity contribution < 1.29 is 13.2 Å². The fraction of sp³-hybridized carbons (Fsp3) is 0.294. The Morgan fingerprint density at radius 3 is 2.35 bits per heavy atom. The number of halogens is 1. The summed E-state index contributed by atoms with van der Waals surface area (Å²) in [5.74, 6) is 0.483. The van der Waals surface area contributed by atoms with Gasteiger partial charge in [-0.25, -0.2) is 8.42 Å². The van der Waals surface area contributed by atoms with Gasteiger partial charge in [-0.1, -0.05) is 48.8 Å². The zero-order valence-electron chi connectivity index (χ0n) is 13.6. The summed E-state index contributed by atoms with van der Waals surface area (Å²) in [6, 6.07) is 12.1. The van der Waals surface area contributed by atoms with Gasteiger partial charge in [-0.15, -0.1) is 0 Å². The van der Waals surface area contributed by atoms with E-state index in [2.05, 4.69) is 41.4 Å². The number of hydrogen-bond donors (Lipinski definition) is 1. The van der Waals surface area contributed by atoms with Crippen LogP contribution in [0, 0.1) is 0 Å². The molecule has 0 unspecified atom stereocenters. The van der Waals surface area contributed by atoms with Gasteiger partial charge in [0.2, 0.25) is 0 Å². The van der Waals surface area contributed by atoms with Crippen LogP contribution < -0.4 is 9.46 Å². The summed E-state index contributed by atoms with van der Waals surface area (Å²) in [5, 5.41) is 0. The van der Waals surface area contributed by atoms with Crippen LogP contribution in [0.15, 0.2) is 51.8 Å². The molecule has 124 valence electrons. The topological polar surface area (TPSA) is 55.4 Å². The molecule has 0 bridgehead atoms. The highest BCUT2D eigenvalue weighted by atomic mass is 79.9. The predicted molar refractivity (Wildman–Crippen MR) is 96.6 cm³/mol. The normalized spacial score (nSPS) is 12.0. The summed E-state index contributed by atoms with van der Waals surface area (Å²) in [5.41, 5.74) is 1.35. The maximum Gasteiger partial charge on any atom is 0.262 e. The van der Waals surface area contributed by atoms with E-state index in [0.717, 1.165) is 5.56 Å². The molecule has 1 N–H and O–H groups in total. The van der Waals surface area contributed by atoms with Crippen molar-refractivity contribution in [3.8, 4) is 5.75 Å². The Hall–Kier alpha value is -1.53. The summed E-state index contributed by atoms with van der Waals surface area (Å²) in [6.07, 6.45) is 0. The van der Waals surface area contributed by atoms with E-state index in [9.17, 15) is 8.42 Å². The van der Waals surface area contributed by atoms with Gasteiger partial charge in [-0.05, 0) is 41.3 Å². The summed E-state index contributed by atoms with van der Waals surface area (Å²) >= 11 is 3.29. The average Bonchev–Trinajstić information content (AvgIpc) is 2.46. The standard InChI is InChI=1S/C17H20BrNO3S/c1-17(2,3)12-8-9-16(22-4)15(10-12)19-23(20,21)14-7-5-6-13(18)11-14/h5-11,19H,1-4H3. The molecule has 4 nitrogen and oxygen atoms in total. The van der Waals surface area contributed by atoms with Crippen LogP contribution in [-0.4, -0.2) is 15.5 Å². The lowest BCUT2D eigenvalue weighted by Crippen LogP contribution is -2.16. The zero-order valence-corrected chi connectivity index (χ0v) is 16.0. The molecule has 0 aliphatic rings. The maximum atomic E-state index is 12.6. The van der Waals surface area contributed by atoms with Crippen molar-refractivity contribution in [3.63, 3.8) is 0 Å². The Kier molecular flexibility index (Phi) is 5.06. The third-order valence-electron chi connectivity index (χ3n) is 3.42. The molecule has 0 heterocycles. The number of ether oxygens (including phenoxy) is 1. The van der Waals surface area contributed by atoms with Crippen LogP contribution >= 0.6 is 15.9 Å². The first-order valence-corrected chi connectivity index (χ1v) is 9.38. The third kappa shape index (κ3) is 4.26. The third-order valence-corrected chi connectivity index (χ3v) is 5.27. The number of rotatable bonds is 4. The predicted octanol–water partition coefficient (Wildman–Crippen LogP) is 4.56. The minimum atomic E-state index is -3.69. The van der Waals surface area contributed by atoms with Gasteiger partial charge in [-0.3, -0.25) is 4.72 Å². The monoisotopic (exact) mass is 397 g/mol. The molecular weight excluding hydrogens is 378 g/mol. The van der Waals surface area contributed by atoms with Crippen LogP contribution in [0.5, 0.6) is 5.75 Å². The largest absolute Gasteiger partial charge is 0.495 e. The molecule has 2 aromatic rings. The van der Waals surface area contributed by atoms with Crippen molar-refractivity contribution in [3.05, 3.63) is 52.5 Å². The average molecular weight is 398 g/mol. The number of sulfonamides is 1. The summed E-state index contributed by atoms with van der Waals surface area (Å²) in [7, 11) is -2.17. The van der Waals surface area contributed by atoms with Crippen LogP contribution in [-0.2, 0) is 15.4 Å². The number of nitrogens with one attached hydrogen (secondary N) is 1. The molecule has 0 saturated carbocycles. The fourth-order valence-corrected chi connectivity index (χ4v) is 3.75. The Morgan fingerprint density at radius 2 is 1.78 bits per heavy atom. The van der Waals surface area contributed by atoms with Gasteiger partial charge in [0.15, 0.2) is 0 Å². The first-order chi connectivity index (χ1) is 10.6. The van der Waals surface area contributed by atoms with Crippen molar-refractivity contribution in [1.82, 2.24) is 0 Å². The number of methoxy groups -OCH3 is 1. The molecule has 0 aromatic heterocycles. The van der Waals surface area contributed by atoms with E-state index >= 15 is 0 Å². The molecular formula is C17H20BrNO3S. The molecule has 0 spiro atoms. The Bertz CT molecular complexity index is 811. The van der Waals surface area contributed by atoms with Gasteiger partial charge >= 0.3 is 0 Å². The van der Waals surface area contributed by atoms with Gasteiger partial charge in [0, 0.05) is 4.47 Å². The molecule has 0 amide bonds. The molecule has 23 heavy (non-hydrogen) atoms. The Labute approximate surface area is 146 Å². The Balaban J connectivity index is 2.46. The second-order valence-corrected chi connectivity index (χ2v) is 8.83. The first-order valence-electron chi connectivity index (χ1n) is 7.10. The van der Waals surface area contributed by atoms with Gasteiger partial charge in [0.05, 0.1) is 17.7 Å². The van der Waals surface area contributed by atoms with Crippen LogP contribution in [0.2, 0.25) is 0 Å². The lowest BCUT2D eigenvalue weighted by Gasteiger charge is -2.21. The molecule has 6 heteroatoms. The van der Waals surface area contributed by atoms with Crippen LogP contribution in [0.1, 0.15) is 26.3 Å². The zero-order chi connectivity index (χ0) is 17.3. The molecule has 2 aromatic carbocycles.